The second-order valence-electron chi connectivity index (χ2n) is 4.22. The lowest BCUT2D eigenvalue weighted by Crippen LogP contribution is -1.92. The molecule has 0 unspecified atom stereocenters. The molecule has 0 atom stereocenters. The second kappa shape index (κ2) is 4.53. The lowest BCUT2D eigenvalue weighted by molar-refractivity contribution is 0.881. The van der Waals surface area contributed by atoms with E-state index in [0.717, 1.165) is 25.8 Å². The molecule has 0 radical (unpaired) electrons. The van der Waals surface area contributed by atoms with E-state index in [1.165, 1.54) is 11.3 Å². The van der Waals surface area contributed by atoms with Gasteiger partial charge in [0.2, 0.25) is 4.96 Å². The third kappa shape index (κ3) is 1.95. The summed E-state index contributed by atoms with van der Waals surface area (Å²) < 4.78 is 4.43. The van der Waals surface area contributed by atoms with Crippen LogP contribution in [-0.2, 0) is 0 Å². The van der Waals surface area contributed by atoms with E-state index in [4.69, 9.17) is 0 Å². The van der Waals surface area contributed by atoms with Crippen LogP contribution in [0.3, 0.4) is 0 Å². The number of benzene rings is 1. The van der Waals surface area contributed by atoms with Crippen molar-refractivity contribution >= 4 is 32.2 Å². The maximum Gasteiger partial charge on any atom is 0.213 e. The highest BCUT2D eigenvalue weighted by Crippen LogP contribution is 2.24. The molecular formula is C13H8BrN5S. The maximum absolute atomic E-state index is 4.55. The maximum atomic E-state index is 4.55. The molecule has 0 aliphatic carbocycles. The summed E-state index contributed by atoms with van der Waals surface area (Å²) in [6.45, 7) is 0. The first-order valence-corrected chi connectivity index (χ1v) is 7.53. The highest BCUT2D eigenvalue weighted by molar-refractivity contribution is 9.11. The minimum absolute atomic E-state index is 0.825. The minimum Gasteiger partial charge on any atom is -0.240 e. The summed E-state index contributed by atoms with van der Waals surface area (Å²) in [6.07, 6.45) is 5.69. The van der Waals surface area contributed by atoms with Crippen LogP contribution < -0.4 is 0 Å². The van der Waals surface area contributed by atoms with Crippen LogP contribution in [0.5, 0.6) is 0 Å². The average Bonchev–Trinajstić information content (AvgIpc) is 3.12. The summed E-state index contributed by atoms with van der Waals surface area (Å²) in [6, 6.07) is 10.00. The predicted molar refractivity (Wildman–Crippen MR) is 81.1 cm³/mol. The number of imidazole rings is 1. The molecule has 20 heavy (non-hydrogen) atoms. The summed E-state index contributed by atoms with van der Waals surface area (Å²) in [5.74, 6) is 0. The first kappa shape index (κ1) is 11.8. The molecule has 0 aliphatic heterocycles. The van der Waals surface area contributed by atoms with Gasteiger partial charge in [-0.3, -0.25) is 0 Å². The second-order valence-corrected chi connectivity index (χ2v) is 6.45. The summed E-state index contributed by atoms with van der Waals surface area (Å²) in [7, 11) is 0. The molecule has 3 aromatic heterocycles. The van der Waals surface area contributed by atoms with E-state index >= 15 is 0 Å². The molecule has 3 heterocycles. The first-order valence-electron chi connectivity index (χ1n) is 5.92. The third-order valence-electron chi connectivity index (χ3n) is 2.92. The standard InChI is InChI=1S/C13H8BrN5S/c14-12-17-19-8-11(16-13(19)20-12)9-6-15-18(7-9)10-4-2-1-3-5-10/h1-8H. The Morgan fingerprint density at radius 3 is 2.75 bits per heavy atom. The molecule has 4 rings (SSSR count). The molecular weight excluding hydrogens is 338 g/mol. The van der Waals surface area contributed by atoms with Gasteiger partial charge >= 0.3 is 0 Å². The molecule has 0 amide bonds. The fraction of sp³-hybridized carbons (Fsp3) is 0. The summed E-state index contributed by atoms with van der Waals surface area (Å²) >= 11 is 4.85. The molecule has 0 aliphatic rings. The summed E-state index contributed by atoms with van der Waals surface area (Å²) in [4.78, 5) is 5.41. The minimum atomic E-state index is 0.825. The van der Waals surface area contributed by atoms with Crippen molar-refractivity contribution in [2.75, 3.05) is 0 Å². The number of para-hydroxylation sites is 1. The molecule has 98 valence electrons. The summed E-state index contributed by atoms with van der Waals surface area (Å²) in [5, 5.41) is 8.66. The van der Waals surface area contributed by atoms with Gasteiger partial charge < -0.3 is 0 Å². The Labute approximate surface area is 126 Å². The highest BCUT2D eigenvalue weighted by atomic mass is 79.9. The third-order valence-corrected chi connectivity index (χ3v) is 4.27. The van der Waals surface area contributed by atoms with Gasteiger partial charge in [-0.15, -0.1) is 5.10 Å². The first-order chi connectivity index (χ1) is 9.79. The van der Waals surface area contributed by atoms with Crippen LogP contribution in [0.15, 0.2) is 52.8 Å². The van der Waals surface area contributed by atoms with Crippen molar-refractivity contribution in [1.82, 2.24) is 24.4 Å². The van der Waals surface area contributed by atoms with Crippen LogP contribution in [0.25, 0.3) is 21.9 Å². The van der Waals surface area contributed by atoms with Gasteiger partial charge in [-0.05, 0) is 28.1 Å². The Kier molecular flexibility index (Phi) is 2.68. The molecule has 5 nitrogen and oxygen atoms in total. The van der Waals surface area contributed by atoms with Crippen molar-refractivity contribution in [3.63, 3.8) is 0 Å². The van der Waals surface area contributed by atoms with E-state index in [1.54, 1.807) is 4.52 Å². The van der Waals surface area contributed by atoms with E-state index in [-0.39, 0.29) is 0 Å². The van der Waals surface area contributed by atoms with Crippen LogP contribution in [-0.4, -0.2) is 24.4 Å². The Morgan fingerprint density at radius 1 is 1.10 bits per heavy atom. The van der Waals surface area contributed by atoms with Gasteiger partial charge in [-0.2, -0.15) is 5.10 Å². The van der Waals surface area contributed by atoms with Crippen molar-refractivity contribution in [3.8, 4) is 16.9 Å². The topological polar surface area (TPSA) is 48.0 Å². The van der Waals surface area contributed by atoms with Crippen LogP contribution in [0.1, 0.15) is 0 Å². The molecule has 0 fully saturated rings. The Balaban J connectivity index is 1.75. The SMILES string of the molecule is Brc1nn2cc(-c3cnn(-c4ccccc4)c3)nc2s1. The van der Waals surface area contributed by atoms with Crippen LogP contribution in [0, 0.1) is 0 Å². The van der Waals surface area contributed by atoms with E-state index in [0.29, 0.717) is 0 Å². The monoisotopic (exact) mass is 345 g/mol. The zero-order chi connectivity index (χ0) is 13.5. The van der Waals surface area contributed by atoms with Crippen molar-refractivity contribution in [2.24, 2.45) is 0 Å². The zero-order valence-electron chi connectivity index (χ0n) is 10.1. The van der Waals surface area contributed by atoms with Crippen molar-refractivity contribution in [3.05, 3.63) is 52.8 Å². The largest absolute Gasteiger partial charge is 0.240 e. The van der Waals surface area contributed by atoms with Gasteiger partial charge in [-0.1, -0.05) is 29.5 Å². The fourth-order valence-electron chi connectivity index (χ4n) is 1.99. The fourth-order valence-corrected chi connectivity index (χ4v) is 3.21. The van der Waals surface area contributed by atoms with Gasteiger partial charge in [0.1, 0.15) is 0 Å². The Bertz CT molecular complexity index is 845. The van der Waals surface area contributed by atoms with E-state index in [2.05, 4.69) is 31.1 Å². The molecule has 0 saturated carbocycles. The summed E-state index contributed by atoms with van der Waals surface area (Å²) in [5.41, 5.74) is 2.88. The van der Waals surface area contributed by atoms with Crippen LogP contribution in [0.4, 0.5) is 0 Å². The van der Waals surface area contributed by atoms with E-state index in [9.17, 15) is 0 Å². The molecule has 4 aromatic rings. The highest BCUT2D eigenvalue weighted by Gasteiger charge is 2.10. The Hall–Kier alpha value is -1.99. The number of hydrogen-bond donors (Lipinski definition) is 0. The lowest BCUT2D eigenvalue weighted by atomic mass is 10.3. The van der Waals surface area contributed by atoms with Crippen molar-refractivity contribution in [2.45, 2.75) is 0 Å². The number of aromatic nitrogens is 5. The predicted octanol–water partition coefficient (Wildman–Crippen LogP) is 3.41. The van der Waals surface area contributed by atoms with Gasteiger partial charge in [0, 0.05) is 11.8 Å². The molecule has 0 spiro atoms. The normalized spacial score (nSPS) is 11.2. The zero-order valence-corrected chi connectivity index (χ0v) is 12.5. The van der Waals surface area contributed by atoms with Gasteiger partial charge in [0.25, 0.3) is 0 Å². The Morgan fingerprint density at radius 2 is 1.95 bits per heavy atom. The van der Waals surface area contributed by atoms with Gasteiger partial charge in [0.05, 0.1) is 23.8 Å². The number of hydrogen-bond acceptors (Lipinski definition) is 4. The molecule has 0 N–H and O–H groups in total. The number of halogens is 1. The molecule has 0 bridgehead atoms. The van der Waals surface area contributed by atoms with E-state index in [1.807, 2.05) is 53.6 Å². The quantitative estimate of drug-likeness (QED) is 0.559. The average molecular weight is 346 g/mol. The number of nitrogens with zero attached hydrogens (tertiary/aromatic N) is 5. The van der Waals surface area contributed by atoms with Crippen LogP contribution in [0.2, 0.25) is 0 Å². The van der Waals surface area contributed by atoms with Crippen molar-refractivity contribution < 1.29 is 0 Å². The molecule has 0 saturated heterocycles. The molecule has 7 heteroatoms. The number of fused-ring (bicyclic) bond motifs is 1. The van der Waals surface area contributed by atoms with Crippen molar-refractivity contribution in [1.29, 1.82) is 0 Å². The smallest absolute Gasteiger partial charge is 0.213 e. The van der Waals surface area contributed by atoms with Gasteiger partial charge in [-0.25, -0.2) is 14.2 Å². The number of rotatable bonds is 2. The lowest BCUT2D eigenvalue weighted by Gasteiger charge is -1.98. The van der Waals surface area contributed by atoms with Crippen LogP contribution >= 0.6 is 27.3 Å². The van der Waals surface area contributed by atoms with E-state index < -0.39 is 0 Å². The van der Waals surface area contributed by atoms with Gasteiger partial charge in [0.15, 0.2) is 3.92 Å². The molecule has 1 aromatic carbocycles.